The molecule has 2 aromatic rings. The Labute approximate surface area is 134 Å². The minimum Gasteiger partial charge on any atom is -0.478 e. The molecule has 3 N–H and O–H groups in total. The van der Waals surface area contributed by atoms with E-state index in [1.54, 1.807) is 30.3 Å². The van der Waals surface area contributed by atoms with Crippen molar-refractivity contribution in [2.45, 2.75) is 0 Å². The molecule has 0 aliphatic rings. The number of hydrogen-bond acceptors (Lipinski definition) is 2. The summed E-state index contributed by atoms with van der Waals surface area (Å²) >= 11 is 9.10. The van der Waals surface area contributed by atoms with E-state index in [0.29, 0.717) is 20.9 Å². The topological polar surface area (TPSA) is 78.4 Å². The molecule has 7 heteroatoms. The number of carbonyl (C=O) groups is 2. The van der Waals surface area contributed by atoms with Crippen molar-refractivity contribution in [3.05, 3.63) is 57.5 Å². The van der Waals surface area contributed by atoms with Gasteiger partial charge in [-0.25, -0.2) is 9.59 Å². The fraction of sp³-hybridized carbons (Fsp3) is 0. The molecule has 0 atom stereocenters. The Bertz CT molecular complexity index is 706. The Morgan fingerprint density at radius 3 is 2.52 bits per heavy atom. The van der Waals surface area contributed by atoms with E-state index >= 15 is 0 Å². The number of carbonyl (C=O) groups excluding carboxylic acids is 1. The van der Waals surface area contributed by atoms with Gasteiger partial charge in [-0.1, -0.05) is 17.7 Å². The fourth-order valence-corrected chi connectivity index (χ4v) is 2.39. The normalized spacial score (nSPS) is 10.0. The molecule has 2 rings (SSSR count). The zero-order valence-electron chi connectivity index (χ0n) is 10.6. The number of urea groups is 1. The molecule has 2 amide bonds. The third-order valence-electron chi connectivity index (χ3n) is 2.55. The largest absolute Gasteiger partial charge is 0.478 e. The van der Waals surface area contributed by atoms with Crippen molar-refractivity contribution in [3.63, 3.8) is 0 Å². The number of benzene rings is 2. The smallest absolute Gasteiger partial charge is 0.335 e. The molecule has 21 heavy (non-hydrogen) atoms. The van der Waals surface area contributed by atoms with Gasteiger partial charge in [-0.15, -0.1) is 0 Å². The molecule has 5 nitrogen and oxygen atoms in total. The van der Waals surface area contributed by atoms with E-state index < -0.39 is 12.0 Å². The molecule has 0 unspecified atom stereocenters. The molecular weight excluding hydrogens is 360 g/mol. The lowest BCUT2D eigenvalue weighted by Crippen LogP contribution is -2.19. The molecule has 108 valence electrons. The Hall–Kier alpha value is -2.05. The van der Waals surface area contributed by atoms with Gasteiger partial charge < -0.3 is 15.7 Å². The van der Waals surface area contributed by atoms with Crippen LogP contribution in [0.4, 0.5) is 16.2 Å². The summed E-state index contributed by atoms with van der Waals surface area (Å²) in [6.45, 7) is 0. The molecule has 0 fully saturated rings. The number of aromatic carboxylic acids is 1. The summed E-state index contributed by atoms with van der Waals surface area (Å²) in [4.78, 5) is 22.7. The van der Waals surface area contributed by atoms with E-state index in [-0.39, 0.29) is 5.56 Å². The maximum atomic E-state index is 11.9. The average molecular weight is 370 g/mol. The van der Waals surface area contributed by atoms with Gasteiger partial charge in [-0.05, 0) is 52.3 Å². The number of rotatable bonds is 3. The second kappa shape index (κ2) is 6.60. The Morgan fingerprint density at radius 2 is 1.86 bits per heavy atom. The summed E-state index contributed by atoms with van der Waals surface area (Å²) < 4.78 is 0.643. The number of anilines is 2. The van der Waals surface area contributed by atoms with Gasteiger partial charge in [0.15, 0.2) is 0 Å². The molecule has 0 saturated carbocycles. The highest BCUT2D eigenvalue weighted by Gasteiger charge is 2.08. The lowest BCUT2D eigenvalue weighted by Gasteiger charge is -2.09. The average Bonchev–Trinajstić information content (AvgIpc) is 2.42. The molecule has 0 aliphatic carbocycles. The van der Waals surface area contributed by atoms with Crippen molar-refractivity contribution >= 4 is 50.9 Å². The summed E-state index contributed by atoms with van der Waals surface area (Å²) in [5, 5.41) is 14.6. The van der Waals surface area contributed by atoms with Gasteiger partial charge in [-0.3, -0.25) is 0 Å². The standard InChI is InChI=1S/C14H10BrClN2O3/c15-11-7-9(16)4-5-12(11)18-14(21)17-10-3-1-2-8(6-10)13(19)20/h1-7H,(H,19,20)(H2,17,18,21). The van der Waals surface area contributed by atoms with Crippen molar-refractivity contribution < 1.29 is 14.7 Å². The first kappa shape index (κ1) is 15.3. The van der Waals surface area contributed by atoms with Gasteiger partial charge >= 0.3 is 12.0 Å². The lowest BCUT2D eigenvalue weighted by atomic mass is 10.2. The molecule has 0 aliphatic heterocycles. The molecule has 0 radical (unpaired) electrons. The van der Waals surface area contributed by atoms with Gasteiger partial charge in [0.05, 0.1) is 11.3 Å². The van der Waals surface area contributed by atoms with Crippen molar-refractivity contribution in [1.82, 2.24) is 0 Å². The third kappa shape index (κ3) is 4.21. The molecule has 0 saturated heterocycles. The van der Waals surface area contributed by atoms with Gasteiger partial charge in [0.25, 0.3) is 0 Å². The van der Waals surface area contributed by atoms with Gasteiger partial charge in [0, 0.05) is 15.2 Å². The van der Waals surface area contributed by atoms with E-state index in [0.717, 1.165) is 0 Å². The van der Waals surface area contributed by atoms with E-state index in [1.165, 1.54) is 12.1 Å². The van der Waals surface area contributed by atoms with Crippen LogP contribution in [-0.2, 0) is 0 Å². The minimum atomic E-state index is -1.06. The first-order chi connectivity index (χ1) is 9.95. The molecular formula is C14H10BrClN2O3. The second-order valence-corrected chi connectivity index (χ2v) is 5.38. The Balaban J connectivity index is 2.08. The predicted molar refractivity (Wildman–Crippen MR) is 85.2 cm³/mol. The van der Waals surface area contributed by atoms with Gasteiger partial charge in [0.1, 0.15) is 0 Å². The number of carboxylic acids is 1. The number of halogens is 2. The fourth-order valence-electron chi connectivity index (χ4n) is 1.61. The second-order valence-electron chi connectivity index (χ2n) is 4.09. The van der Waals surface area contributed by atoms with E-state index in [4.69, 9.17) is 16.7 Å². The van der Waals surface area contributed by atoms with Crippen LogP contribution in [-0.4, -0.2) is 17.1 Å². The quantitative estimate of drug-likeness (QED) is 0.748. The highest BCUT2D eigenvalue weighted by Crippen LogP contribution is 2.26. The Morgan fingerprint density at radius 1 is 1.10 bits per heavy atom. The van der Waals surface area contributed by atoms with Crippen molar-refractivity contribution in [2.75, 3.05) is 10.6 Å². The van der Waals surface area contributed by atoms with Crippen LogP contribution in [0.5, 0.6) is 0 Å². The summed E-state index contributed by atoms with van der Waals surface area (Å²) in [6.07, 6.45) is 0. The SMILES string of the molecule is O=C(Nc1cccc(C(=O)O)c1)Nc1ccc(Cl)cc1Br. The van der Waals surface area contributed by atoms with Crippen LogP contribution in [0.2, 0.25) is 5.02 Å². The number of hydrogen-bond donors (Lipinski definition) is 3. The maximum Gasteiger partial charge on any atom is 0.335 e. The van der Waals surface area contributed by atoms with Crippen LogP contribution < -0.4 is 10.6 Å². The highest BCUT2D eigenvalue weighted by molar-refractivity contribution is 9.10. The summed E-state index contributed by atoms with van der Waals surface area (Å²) in [6, 6.07) is 10.4. The van der Waals surface area contributed by atoms with Crippen LogP contribution in [0.3, 0.4) is 0 Å². The monoisotopic (exact) mass is 368 g/mol. The lowest BCUT2D eigenvalue weighted by molar-refractivity contribution is 0.0697. The Kier molecular flexibility index (Phi) is 4.82. The van der Waals surface area contributed by atoms with Crippen LogP contribution in [0.25, 0.3) is 0 Å². The van der Waals surface area contributed by atoms with E-state index in [1.807, 2.05) is 0 Å². The first-order valence-corrected chi connectivity index (χ1v) is 6.99. The molecule has 0 heterocycles. The van der Waals surface area contributed by atoms with Crippen LogP contribution in [0, 0.1) is 0 Å². The molecule has 0 spiro atoms. The van der Waals surface area contributed by atoms with Crippen molar-refractivity contribution in [1.29, 1.82) is 0 Å². The van der Waals surface area contributed by atoms with Crippen molar-refractivity contribution in [2.24, 2.45) is 0 Å². The number of carboxylic acid groups (broad SMARTS) is 1. The van der Waals surface area contributed by atoms with Crippen molar-refractivity contribution in [3.8, 4) is 0 Å². The zero-order valence-corrected chi connectivity index (χ0v) is 12.9. The van der Waals surface area contributed by atoms with Crippen LogP contribution in [0.15, 0.2) is 46.9 Å². The summed E-state index contributed by atoms with van der Waals surface area (Å²) in [7, 11) is 0. The maximum absolute atomic E-state index is 11.9. The summed E-state index contributed by atoms with van der Waals surface area (Å²) in [5.74, 6) is -1.06. The van der Waals surface area contributed by atoms with E-state index in [2.05, 4.69) is 26.6 Å². The molecule has 0 aromatic heterocycles. The van der Waals surface area contributed by atoms with Gasteiger partial charge in [-0.2, -0.15) is 0 Å². The van der Waals surface area contributed by atoms with Gasteiger partial charge in [0.2, 0.25) is 0 Å². The minimum absolute atomic E-state index is 0.0977. The first-order valence-electron chi connectivity index (χ1n) is 5.82. The zero-order chi connectivity index (χ0) is 15.4. The van der Waals surface area contributed by atoms with Crippen LogP contribution in [0.1, 0.15) is 10.4 Å². The van der Waals surface area contributed by atoms with E-state index in [9.17, 15) is 9.59 Å². The highest BCUT2D eigenvalue weighted by atomic mass is 79.9. The molecule has 0 bridgehead atoms. The predicted octanol–water partition coefficient (Wildman–Crippen LogP) is 4.44. The number of amides is 2. The molecule has 2 aromatic carbocycles. The number of nitrogens with one attached hydrogen (secondary N) is 2. The summed E-state index contributed by atoms with van der Waals surface area (Å²) in [5.41, 5.74) is 1.03. The third-order valence-corrected chi connectivity index (χ3v) is 3.44. The van der Waals surface area contributed by atoms with Crippen LogP contribution >= 0.6 is 27.5 Å².